The van der Waals surface area contributed by atoms with E-state index in [9.17, 15) is 4.79 Å². The standard InChI is InChI=1S/C8H15NO2.ClH/c1-9(2)7-3-6(4-7)5-8(10)11;/h6-7H,3-5H2,1-2H3,(H,10,11);1H. The van der Waals surface area contributed by atoms with Crippen LogP contribution in [0.25, 0.3) is 0 Å². The van der Waals surface area contributed by atoms with Gasteiger partial charge in [0.2, 0.25) is 0 Å². The highest BCUT2D eigenvalue weighted by Gasteiger charge is 2.31. The molecule has 0 aromatic rings. The summed E-state index contributed by atoms with van der Waals surface area (Å²) in [6.45, 7) is 0. The molecule has 1 rings (SSSR count). The van der Waals surface area contributed by atoms with Gasteiger partial charge in [0.1, 0.15) is 0 Å². The highest BCUT2D eigenvalue weighted by Crippen LogP contribution is 2.32. The number of nitrogens with zero attached hydrogens (tertiary/aromatic N) is 1. The van der Waals surface area contributed by atoms with Crippen LogP contribution in [0, 0.1) is 5.92 Å². The molecule has 0 aromatic carbocycles. The molecule has 0 radical (unpaired) electrons. The average Bonchev–Trinajstić information content (AvgIpc) is 1.75. The fraction of sp³-hybridized carbons (Fsp3) is 0.875. The largest absolute Gasteiger partial charge is 0.481 e. The van der Waals surface area contributed by atoms with E-state index in [-0.39, 0.29) is 12.4 Å². The van der Waals surface area contributed by atoms with Gasteiger partial charge in [-0.25, -0.2) is 0 Å². The summed E-state index contributed by atoms with van der Waals surface area (Å²) in [6.07, 6.45) is 2.46. The van der Waals surface area contributed by atoms with Crippen LogP contribution in [-0.4, -0.2) is 36.1 Å². The molecule has 1 N–H and O–H groups in total. The van der Waals surface area contributed by atoms with Crippen LogP contribution in [-0.2, 0) is 4.79 Å². The first-order chi connectivity index (χ1) is 5.09. The molecule has 1 saturated carbocycles. The Morgan fingerprint density at radius 1 is 1.50 bits per heavy atom. The lowest BCUT2D eigenvalue weighted by Gasteiger charge is -2.38. The summed E-state index contributed by atoms with van der Waals surface area (Å²) < 4.78 is 0. The van der Waals surface area contributed by atoms with Crippen LogP contribution in [0.15, 0.2) is 0 Å². The number of aliphatic carboxylic acids is 1. The number of halogens is 1. The Kier molecular flexibility index (Phi) is 4.57. The predicted molar refractivity (Wildman–Crippen MR) is 49.7 cm³/mol. The Labute approximate surface area is 79.2 Å². The number of hydrogen-bond acceptors (Lipinski definition) is 2. The first kappa shape index (κ1) is 11.7. The molecule has 0 bridgehead atoms. The summed E-state index contributed by atoms with van der Waals surface area (Å²) in [6, 6.07) is 0.624. The maximum Gasteiger partial charge on any atom is 0.303 e. The second-order valence-corrected chi connectivity index (χ2v) is 3.55. The smallest absolute Gasteiger partial charge is 0.303 e. The van der Waals surface area contributed by atoms with E-state index in [4.69, 9.17) is 5.11 Å². The molecule has 12 heavy (non-hydrogen) atoms. The van der Waals surface area contributed by atoms with E-state index in [1.54, 1.807) is 0 Å². The van der Waals surface area contributed by atoms with Crippen molar-refractivity contribution in [3.63, 3.8) is 0 Å². The van der Waals surface area contributed by atoms with Crippen molar-refractivity contribution in [2.45, 2.75) is 25.3 Å². The van der Waals surface area contributed by atoms with E-state index in [0.717, 1.165) is 12.8 Å². The molecule has 4 heteroatoms. The van der Waals surface area contributed by atoms with Crippen molar-refractivity contribution in [3.8, 4) is 0 Å². The number of hydrogen-bond donors (Lipinski definition) is 1. The summed E-state index contributed by atoms with van der Waals surface area (Å²) in [4.78, 5) is 12.4. The van der Waals surface area contributed by atoms with Gasteiger partial charge in [0.15, 0.2) is 0 Å². The number of carboxylic acid groups (broad SMARTS) is 1. The average molecular weight is 194 g/mol. The highest BCUT2D eigenvalue weighted by molar-refractivity contribution is 5.85. The van der Waals surface area contributed by atoms with Crippen LogP contribution in [0.1, 0.15) is 19.3 Å². The van der Waals surface area contributed by atoms with E-state index in [1.807, 2.05) is 14.1 Å². The molecule has 0 spiro atoms. The number of rotatable bonds is 3. The van der Waals surface area contributed by atoms with Crippen LogP contribution in [0.5, 0.6) is 0 Å². The topological polar surface area (TPSA) is 40.5 Å². The zero-order valence-corrected chi connectivity index (χ0v) is 8.30. The van der Waals surface area contributed by atoms with Crippen LogP contribution in [0.2, 0.25) is 0 Å². The molecule has 1 aliphatic rings. The summed E-state index contributed by atoms with van der Waals surface area (Å²) in [5.74, 6) is -0.230. The van der Waals surface area contributed by atoms with Crippen molar-refractivity contribution < 1.29 is 9.90 Å². The van der Waals surface area contributed by atoms with Crippen LogP contribution in [0.3, 0.4) is 0 Å². The van der Waals surface area contributed by atoms with E-state index in [0.29, 0.717) is 18.4 Å². The molecule has 0 atom stereocenters. The van der Waals surface area contributed by atoms with Crippen LogP contribution < -0.4 is 0 Å². The quantitative estimate of drug-likeness (QED) is 0.733. The number of carboxylic acids is 1. The molecule has 0 heterocycles. The summed E-state index contributed by atoms with van der Waals surface area (Å²) in [5.41, 5.74) is 0. The maximum atomic E-state index is 10.3. The van der Waals surface area contributed by atoms with E-state index < -0.39 is 5.97 Å². The second-order valence-electron chi connectivity index (χ2n) is 3.55. The minimum atomic E-state index is -0.660. The predicted octanol–water partition coefficient (Wildman–Crippen LogP) is 1.22. The fourth-order valence-electron chi connectivity index (χ4n) is 1.54. The van der Waals surface area contributed by atoms with E-state index in [2.05, 4.69) is 4.90 Å². The van der Waals surface area contributed by atoms with Gasteiger partial charge in [0, 0.05) is 12.5 Å². The summed E-state index contributed by atoms with van der Waals surface area (Å²) in [7, 11) is 4.09. The van der Waals surface area contributed by atoms with Gasteiger partial charge >= 0.3 is 5.97 Å². The van der Waals surface area contributed by atoms with Gasteiger partial charge in [-0.15, -0.1) is 12.4 Å². The zero-order valence-electron chi connectivity index (χ0n) is 7.49. The van der Waals surface area contributed by atoms with Gasteiger partial charge in [-0.1, -0.05) is 0 Å². The molecule has 3 nitrogen and oxygen atoms in total. The molecule has 0 aromatic heterocycles. The van der Waals surface area contributed by atoms with Crippen molar-refractivity contribution >= 4 is 18.4 Å². The maximum absolute atomic E-state index is 10.3. The third-order valence-electron chi connectivity index (χ3n) is 2.40. The van der Waals surface area contributed by atoms with Crippen molar-refractivity contribution in [1.82, 2.24) is 4.90 Å². The minimum Gasteiger partial charge on any atom is -0.481 e. The van der Waals surface area contributed by atoms with Gasteiger partial charge < -0.3 is 10.0 Å². The van der Waals surface area contributed by atoms with Crippen molar-refractivity contribution in [2.75, 3.05) is 14.1 Å². The lowest BCUT2D eigenvalue weighted by molar-refractivity contribution is -0.139. The van der Waals surface area contributed by atoms with Crippen LogP contribution >= 0.6 is 12.4 Å². The molecule has 72 valence electrons. The molecular weight excluding hydrogens is 178 g/mol. The van der Waals surface area contributed by atoms with Crippen molar-refractivity contribution in [1.29, 1.82) is 0 Å². The number of carbonyl (C=O) groups is 1. The first-order valence-corrected chi connectivity index (χ1v) is 3.98. The Morgan fingerprint density at radius 3 is 2.33 bits per heavy atom. The van der Waals surface area contributed by atoms with Crippen LogP contribution in [0.4, 0.5) is 0 Å². The minimum absolute atomic E-state index is 0. The van der Waals surface area contributed by atoms with Gasteiger partial charge in [-0.3, -0.25) is 4.79 Å². The first-order valence-electron chi connectivity index (χ1n) is 3.98. The molecule has 1 aliphatic carbocycles. The fourth-order valence-corrected chi connectivity index (χ4v) is 1.54. The van der Waals surface area contributed by atoms with E-state index >= 15 is 0 Å². The lowest BCUT2D eigenvalue weighted by atomic mass is 9.78. The van der Waals surface area contributed by atoms with Crippen molar-refractivity contribution in [2.24, 2.45) is 5.92 Å². The van der Waals surface area contributed by atoms with Crippen molar-refractivity contribution in [3.05, 3.63) is 0 Å². The summed E-state index contributed by atoms with van der Waals surface area (Å²) in [5, 5.41) is 8.46. The SMILES string of the molecule is CN(C)C1CC(CC(=O)O)C1.Cl. The molecule has 0 aliphatic heterocycles. The Balaban J connectivity index is 0.00000121. The Hall–Kier alpha value is -0.280. The Morgan fingerprint density at radius 2 is 2.00 bits per heavy atom. The molecule has 0 amide bonds. The third kappa shape index (κ3) is 2.99. The molecule has 1 fully saturated rings. The van der Waals surface area contributed by atoms with Gasteiger partial charge in [0.05, 0.1) is 0 Å². The van der Waals surface area contributed by atoms with E-state index in [1.165, 1.54) is 0 Å². The van der Waals surface area contributed by atoms with Gasteiger partial charge in [-0.2, -0.15) is 0 Å². The third-order valence-corrected chi connectivity index (χ3v) is 2.40. The molecular formula is C8H16ClNO2. The Bertz CT molecular complexity index is 155. The normalized spacial score (nSPS) is 27.6. The molecule has 0 unspecified atom stereocenters. The second kappa shape index (κ2) is 4.67. The lowest BCUT2D eigenvalue weighted by Crippen LogP contribution is -2.40. The highest BCUT2D eigenvalue weighted by atomic mass is 35.5. The summed E-state index contributed by atoms with van der Waals surface area (Å²) >= 11 is 0. The van der Waals surface area contributed by atoms with Gasteiger partial charge in [-0.05, 0) is 32.9 Å². The van der Waals surface area contributed by atoms with Gasteiger partial charge in [0.25, 0.3) is 0 Å². The molecule has 0 saturated heterocycles. The zero-order chi connectivity index (χ0) is 8.43. The monoisotopic (exact) mass is 193 g/mol.